The highest BCUT2D eigenvalue weighted by molar-refractivity contribution is 5.70. The van der Waals surface area contributed by atoms with Gasteiger partial charge in [-0.05, 0) is 38.5 Å². The van der Waals surface area contributed by atoms with Gasteiger partial charge in [0.05, 0.1) is 6.61 Å². The normalized spacial score (nSPS) is 12.9. The molecule has 154 valence electrons. The SMILES string of the molecule is CC/C=C\C/C=C\C/C=C\CCCCCC(=O)OC(CO)COC(=O)CC. The Kier molecular flexibility index (Phi) is 17.6. The number of aliphatic hydroxyl groups excluding tert-OH is 1. The summed E-state index contributed by atoms with van der Waals surface area (Å²) in [5.41, 5.74) is 0. The molecule has 0 aromatic heterocycles. The van der Waals surface area contributed by atoms with Gasteiger partial charge in [0, 0.05) is 12.8 Å². The molecule has 1 N–H and O–H groups in total. The monoisotopic (exact) mass is 380 g/mol. The minimum absolute atomic E-state index is 0.0942. The Hall–Kier alpha value is -1.88. The van der Waals surface area contributed by atoms with Gasteiger partial charge in [0.1, 0.15) is 6.61 Å². The second-order valence-corrected chi connectivity index (χ2v) is 6.22. The molecular formula is C22H36O5. The Morgan fingerprint density at radius 1 is 0.889 bits per heavy atom. The van der Waals surface area contributed by atoms with E-state index >= 15 is 0 Å². The molecule has 0 saturated heterocycles. The standard InChI is InChI=1S/C22H36O5/c1-3-5-6-7-8-9-10-11-12-13-14-15-16-17-22(25)27-20(18-23)19-26-21(24)4-2/h5-6,8-9,11-12,20,23H,3-4,7,10,13-19H2,1-2H3/b6-5-,9-8-,12-11-. The van der Waals surface area contributed by atoms with Gasteiger partial charge in [-0.1, -0.05) is 56.7 Å². The van der Waals surface area contributed by atoms with Gasteiger partial charge in [-0.3, -0.25) is 9.59 Å². The van der Waals surface area contributed by atoms with Gasteiger partial charge in [0.15, 0.2) is 6.10 Å². The van der Waals surface area contributed by atoms with Crippen molar-refractivity contribution in [3.8, 4) is 0 Å². The summed E-state index contributed by atoms with van der Waals surface area (Å²) < 4.78 is 9.98. The van der Waals surface area contributed by atoms with E-state index in [1.165, 1.54) is 0 Å². The van der Waals surface area contributed by atoms with E-state index in [0.29, 0.717) is 6.42 Å². The lowest BCUT2D eigenvalue weighted by atomic mass is 10.1. The number of aliphatic hydroxyl groups is 1. The van der Waals surface area contributed by atoms with Gasteiger partial charge in [-0.2, -0.15) is 0 Å². The van der Waals surface area contributed by atoms with Gasteiger partial charge in [0.2, 0.25) is 0 Å². The molecule has 0 aliphatic rings. The van der Waals surface area contributed by atoms with Gasteiger partial charge in [0.25, 0.3) is 0 Å². The lowest BCUT2D eigenvalue weighted by Crippen LogP contribution is -2.28. The minimum atomic E-state index is -0.776. The molecule has 0 aliphatic heterocycles. The van der Waals surface area contributed by atoms with Crippen LogP contribution in [0.5, 0.6) is 0 Å². The van der Waals surface area contributed by atoms with E-state index in [1.807, 2.05) is 0 Å². The molecule has 0 bridgehead atoms. The van der Waals surface area contributed by atoms with Crippen molar-refractivity contribution in [2.75, 3.05) is 13.2 Å². The van der Waals surface area contributed by atoms with Crippen LogP contribution in [0.15, 0.2) is 36.5 Å². The van der Waals surface area contributed by atoms with Crippen LogP contribution in [0.3, 0.4) is 0 Å². The summed E-state index contributed by atoms with van der Waals surface area (Å²) in [4.78, 5) is 22.8. The first kappa shape index (κ1) is 25.1. The largest absolute Gasteiger partial charge is 0.462 e. The molecule has 0 spiro atoms. The summed E-state index contributed by atoms with van der Waals surface area (Å²) in [6.07, 6.45) is 19.6. The van der Waals surface area contributed by atoms with E-state index in [0.717, 1.165) is 44.9 Å². The highest BCUT2D eigenvalue weighted by atomic mass is 16.6. The maximum Gasteiger partial charge on any atom is 0.306 e. The first-order valence-corrected chi connectivity index (χ1v) is 10.0. The summed E-state index contributed by atoms with van der Waals surface area (Å²) in [5.74, 6) is -0.735. The molecule has 0 fully saturated rings. The Morgan fingerprint density at radius 3 is 2.19 bits per heavy atom. The number of allylic oxidation sites excluding steroid dienone is 6. The third-order valence-corrected chi connectivity index (χ3v) is 3.75. The fraction of sp³-hybridized carbons (Fsp3) is 0.636. The number of ether oxygens (including phenoxy) is 2. The summed E-state index contributed by atoms with van der Waals surface area (Å²) in [6.45, 7) is 3.37. The number of esters is 2. The van der Waals surface area contributed by atoms with E-state index in [9.17, 15) is 9.59 Å². The van der Waals surface area contributed by atoms with Crippen molar-refractivity contribution in [2.45, 2.75) is 77.7 Å². The average molecular weight is 381 g/mol. The second-order valence-electron chi connectivity index (χ2n) is 6.22. The smallest absolute Gasteiger partial charge is 0.306 e. The quantitative estimate of drug-likeness (QED) is 0.240. The van der Waals surface area contributed by atoms with Gasteiger partial charge >= 0.3 is 11.9 Å². The fourth-order valence-electron chi connectivity index (χ4n) is 2.19. The highest BCUT2D eigenvalue weighted by Gasteiger charge is 2.15. The molecule has 5 nitrogen and oxygen atoms in total. The van der Waals surface area contributed by atoms with Crippen molar-refractivity contribution < 1.29 is 24.2 Å². The zero-order valence-corrected chi connectivity index (χ0v) is 16.9. The molecular weight excluding hydrogens is 344 g/mol. The van der Waals surface area contributed by atoms with Gasteiger partial charge in [-0.15, -0.1) is 0 Å². The third kappa shape index (κ3) is 17.3. The zero-order chi connectivity index (χ0) is 20.2. The van der Waals surface area contributed by atoms with E-state index in [2.05, 4.69) is 43.4 Å². The Labute approximate surface area is 164 Å². The molecule has 0 rings (SSSR count). The maximum absolute atomic E-state index is 11.7. The molecule has 0 saturated carbocycles. The van der Waals surface area contributed by atoms with E-state index in [1.54, 1.807) is 6.92 Å². The number of rotatable bonds is 16. The molecule has 0 aromatic rings. The van der Waals surface area contributed by atoms with Crippen LogP contribution in [0.25, 0.3) is 0 Å². The molecule has 0 heterocycles. The van der Waals surface area contributed by atoms with Crippen molar-refractivity contribution in [3.05, 3.63) is 36.5 Å². The van der Waals surface area contributed by atoms with Crippen LogP contribution in [0.2, 0.25) is 0 Å². The highest BCUT2D eigenvalue weighted by Crippen LogP contribution is 2.07. The molecule has 1 unspecified atom stereocenters. The number of hydrogen-bond donors (Lipinski definition) is 1. The molecule has 0 amide bonds. The molecule has 1 atom stereocenters. The van der Waals surface area contributed by atoms with Crippen molar-refractivity contribution in [1.29, 1.82) is 0 Å². The first-order valence-electron chi connectivity index (χ1n) is 10.0. The summed E-state index contributed by atoms with van der Waals surface area (Å²) in [6, 6.07) is 0. The minimum Gasteiger partial charge on any atom is -0.462 e. The number of carbonyl (C=O) groups excluding carboxylic acids is 2. The number of carbonyl (C=O) groups is 2. The molecule has 0 radical (unpaired) electrons. The van der Waals surface area contributed by atoms with Gasteiger partial charge < -0.3 is 14.6 Å². The van der Waals surface area contributed by atoms with Gasteiger partial charge in [-0.25, -0.2) is 0 Å². The van der Waals surface area contributed by atoms with E-state index < -0.39 is 6.10 Å². The Bertz CT molecular complexity index is 465. The van der Waals surface area contributed by atoms with Crippen LogP contribution < -0.4 is 0 Å². The van der Waals surface area contributed by atoms with E-state index in [-0.39, 0.29) is 31.6 Å². The fourth-order valence-corrected chi connectivity index (χ4v) is 2.19. The Morgan fingerprint density at radius 2 is 1.56 bits per heavy atom. The first-order chi connectivity index (χ1) is 13.1. The van der Waals surface area contributed by atoms with Crippen LogP contribution in [0, 0.1) is 0 Å². The van der Waals surface area contributed by atoms with Crippen LogP contribution in [0.4, 0.5) is 0 Å². The average Bonchev–Trinajstić information content (AvgIpc) is 2.68. The molecule has 5 heteroatoms. The third-order valence-electron chi connectivity index (χ3n) is 3.75. The molecule has 0 aromatic carbocycles. The van der Waals surface area contributed by atoms with Crippen molar-refractivity contribution in [1.82, 2.24) is 0 Å². The van der Waals surface area contributed by atoms with Crippen LogP contribution in [0.1, 0.15) is 71.6 Å². The second kappa shape index (κ2) is 18.9. The van der Waals surface area contributed by atoms with Crippen molar-refractivity contribution in [2.24, 2.45) is 0 Å². The predicted octanol–water partition coefficient (Wildman–Crippen LogP) is 4.65. The maximum atomic E-state index is 11.7. The number of unbranched alkanes of at least 4 members (excludes halogenated alkanes) is 3. The zero-order valence-electron chi connectivity index (χ0n) is 16.9. The molecule has 0 aliphatic carbocycles. The summed E-state index contributed by atoms with van der Waals surface area (Å²) >= 11 is 0. The number of hydrogen-bond acceptors (Lipinski definition) is 5. The van der Waals surface area contributed by atoms with Crippen LogP contribution >= 0.6 is 0 Å². The summed E-state index contributed by atoms with van der Waals surface area (Å²) in [7, 11) is 0. The van der Waals surface area contributed by atoms with Crippen molar-refractivity contribution in [3.63, 3.8) is 0 Å². The van der Waals surface area contributed by atoms with E-state index in [4.69, 9.17) is 14.6 Å². The topological polar surface area (TPSA) is 72.8 Å². The molecule has 27 heavy (non-hydrogen) atoms. The summed E-state index contributed by atoms with van der Waals surface area (Å²) in [5, 5.41) is 9.16. The van der Waals surface area contributed by atoms with Crippen LogP contribution in [-0.4, -0.2) is 36.4 Å². The lowest BCUT2D eigenvalue weighted by molar-refractivity contribution is -0.161. The lowest BCUT2D eigenvalue weighted by Gasteiger charge is -2.15. The Balaban J connectivity index is 3.65. The predicted molar refractivity (Wildman–Crippen MR) is 108 cm³/mol. The van der Waals surface area contributed by atoms with Crippen LogP contribution in [-0.2, 0) is 19.1 Å². The van der Waals surface area contributed by atoms with Crippen molar-refractivity contribution >= 4 is 11.9 Å².